The molecule has 0 N–H and O–H groups in total. The number of anilines is 1. The lowest BCUT2D eigenvalue weighted by Crippen LogP contribution is -2.62. The van der Waals surface area contributed by atoms with Gasteiger partial charge in [-0.3, -0.25) is 19.7 Å². The molecule has 4 atom stereocenters. The van der Waals surface area contributed by atoms with E-state index in [1.54, 1.807) is 55.5 Å². The highest BCUT2D eigenvalue weighted by molar-refractivity contribution is 6.35. The molecule has 1 fully saturated rings. The predicted octanol–water partition coefficient (Wildman–Crippen LogP) is 5.09. The largest absolute Gasteiger partial charge is 0.436 e. The number of hydrogen-bond acceptors (Lipinski definition) is 5. The van der Waals surface area contributed by atoms with Gasteiger partial charge in [-0.1, -0.05) is 91.3 Å². The van der Waals surface area contributed by atoms with Crippen LogP contribution < -0.4 is 4.90 Å². The number of nitrogens with zero attached hydrogens (tertiary/aromatic N) is 2. The summed E-state index contributed by atoms with van der Waals surface area (Å²) in [4.78, 5) is 41.3. The number of para-hydroxylation sites is 1. The van der Waals surface area contributed by atoms with Crippen LogP contribution in [-0.2, 0) is 26.5 Å². The zero-order chi connectivity index (χ0) is 24.7. The molecular formula is C27H23ClN2O5. The van der Waals surface area contributed by atoms with Crippen LogP contribution in [-0.4, -0.2) is 22.8 Å². The maximum atomic E-state index is 14.2. The van der Waals surface area contributed by atoms with Crippen molar-refractivity contribution < 1.29 is 19.2 Å². The van der Waals surface area contributed by atoms with Gasteiger partial charge in [-0.2, -0.15) is 0 Å². The first kappa shape index (κ1) is 23.1. The summed E-state index contributed by atoms with van der Waals surface area (Å²) in [5.41, 5.74) is -0.104. The molecule has 8 heteroatoms. The zero-order valence-electron chi connectivity index (χ0n) is 19.0. The Morgan fingerprint density at radius 1 is 1.00 bits per heavy atom. The van der Waals surface area contributed by atoms with Gasteiger partial charge in [0.15, 0.2) is 0 Å². The number of carbonyl (C=O) groups is 2. The van der Waals surface area contributed by atoms with Crippen LogP contribution in [0.1, 0.15) is 36.0 Å². The summed E-state index contributed by atoms with van der Waals surface area (Å²) in [6.45, 7) is 1.92. The molecule has 1 saturated heterocycles. The molecule has 35 heavy (non-hydrogen) atoms. The van der Waals surface area contributed by atoms with Crippen LogP contribution in [0.4, 0.5) is 5.69 Å². The van der Waals surface area contributed by atoms with Gasteiger partial charge in [-0.15, -0.1) is 0 Å². The van der Waals surface area contributed by atoms with Gasteiger partial charge in [-0.05, 0) is 23.6 Å². The molecule has 0 bridgehead atoms. The molecule has 0 unspecified atom stereocenters. The number of benzene rings is 3. The van der Waals surface area contributed by atoms with Gasteiger partial charge in [0, 0.05) is 10.5 Å². The Kier molecular flexibility index (Phi) is 5.81. The summed E-state index contributed by atoms with van der Waals surface area (Å²) in [5, 5.41) is 13.0. The first-order valence-corrected chi connectivity index (χ1v) is 11.8. The Morgan fingerprint density at radius 2 is 1.66 bits per heavy atom. The van der Waals surface area contributed by atoms with E-state index in [2.05, 4.69) is 0 Å². The highest BCUT2D eigenvalue weighted by atomic mass is 35.5. The molecule has 3 aromatic carbocycles. The summed E-state index contributed by atoms with van der Waals surface area (Å²) in [6, 6.07) is 21.4. The second-order valence-electron chi connectivity index (χ2n) is 8.85. The molecule has 2 aliphatic rings. The lowest BCUT2D eigenvalue weighted by Gasteiger charge is -2.42. The number of hydrogen-bond donors (Lipinski definition) is 0. The van der Waals surface area contributed by atoms with E-state index in [0.717, 1.165) is 5.56 Å². The minimum Gasteiger partial charge on any atom is -0.436 e. The molecule has 2 heterocycles. The number of fused-ring (bicyclic) bond motifs is 2. The zero-order valence-corrected chi connectivity index (χ0v) is 19.7. The molecule has 5 rings (SSSR count). The first-order valence-electron chi connectivity index (χ1n) is 11.5. The lowest BCUT2D eigenvalue weighted by molar-refractivity contribution is -0.552. The van der Waals surface area contributed by atoms with Crippen molar-refractivity contribution in [3.05, 3.63) is 111 Å². The van der Waals surface area contributed by atoms with Crippen molar-refractivity contribution in [2.75, 3.05) is 4.90 Å². The average molecular weight is 491 g/mol. The normalized spacial score (nSPS) is 25.4. The lowest BCUT2D eigenvalue weighted by atomic mass is 9.69. The monoisotopic (exact) mass is 490 g/mol. The van der Waals surface area contributed by atoms with Crippen LogP contribution in [0.25, 0.3) is 0 Å². The third kappa shape index (κ3) is 3.49. The molecular weight excluding hydrogens is 468 g/mol. The van der Waals surface area contributed by atoms with Crippen molar-refractivity contribution in [3.63, 3.8) is 0 Å². The molecule has 0 aliphatic carbocycles. The summed E-state index contributed by atoms with van der Waals surface area (Å²) in [7, 11) is 0. The molecule has 1 amide bonds. The third-order valence-corrected chi connectivity index (χ3v) is 7.31. The van der Waals surface area contributed by atoms with Crippen LogP contribution >= 0.6 is 11.6 Å². The molecule has 1 spiro atoms. The van der Waals surface area contributed by atoms with Gasteiger partial charge < -0.3 is 9.64 Å². The number of nitro groups is 1. The molecule has 2 aliphatic heterocycles. The number of ether oxygens (including phenoxy) is 1. The second kappa shape index (κ2) is 8.82. The number of rotatable bonds is 5. The van der Waals surface area contributed by atoms with E-state index in [0.29, 0.717) is 17.7 Å². The average Bonchev–Trinajstić information content (AvgIpc) is 3.08. The van der Waals surface area contributed by atoms with Crippen molar-refractivity contribution >= 4 is 29.2 Å². The Morgan fingerprint density at radius 3 is 2.29 bits per heavy atom. The van der Waals surface area contributed by atoms with Crippen LogP contribution in [0.15, 0.2) is 78.9 Å². The van der Waals surface area contributed by atoms with Crippen molar-refractivity contribution in [1.82, 2.24) is 0 Å². The predicted molar refractivity (Wildman–Crippen MR) is 131 cm³/mol. The number of carbonyl (C=O) groups excluding carboxylic acids is 2. The summed E-state index contributed by atoms with van der Waals surface area (Å²) < 4.78 is 5.90. The Balaban J connectivity index is 1.74. The van der Waals surface area contributed by atoms with Crippen LogP contribution in [0.2, 0.25) is 5.02 Å². The van der Waals surface area contributed by atoms with Gasteiger partial charge in [0.25, 0.3) is 17.6 Å². The van der Waals surface area contributed by atoms with E-state index < -0.39 is 40.3 Å². The highest BCUT2D eigenvalue weighted by Gasteiger charge is 2.71. The molecule has 7 nitrogen and oxygen atoms in total. The summed E-state index contributed by atoms with van der Waals surface area (Å²) >= 11 is 6.57. The maximum absolute atomic E-state index is 14.2. The topological polar surface area (TPSA) is 89.8 Å². The van der Waals surface area contributed by atoms with Crippen LogP contribution in [0.5, 0.6) is 0 Å². The van der Waals surface area contributed by atoms with E-state index >= 15 is 0 Å². The Bertz CT molecular complexity index is 1300. The molecule has 0 radical (unpaired) electrons. The minimum absolute atomic E-state index is 0.132. The van der Waals surface area contributed by atoms with E-state index in [4.69, 9.17) is 16.3 Å². The quantitative estimate of drug-likeness (QED) is 0.282. The van der Waals surface area contributed by atoms with Gasteiger partial charge in [0.1, 0.15) is 0 Å². The number of halogens is 1. The second-order valence-corrected chi connectivity index (χ2v) is 9.26. The van der Waals surface area contributed by atoms with Gasteiger partial charge in [-0.25, -0.2) is 0 Å². The Hall–Kier alpha value is -3.71. The van der Waals surface area contributed by atoms with Crippen molar-refractivity contribution in [3.8, 4) is 0 Å². The minimum atomic E-state index is -2.12. The fourth-order valence-electron chi connectivity index (χ4n) is 5.51. The van der Waals surface area contributed by atoms with E-state index in [-0.39, 0.29) is 17.1 Å². The molecule has 3 aromatic rings. The molecule has 0 aromatic heterocycles. The van der Waals surface area contributed by atoms with Crippen molar-refractivity contribution in [2.24, 2.45) is 5.92 Å². The van der Waals surface area contributed by atoms with Gasteiger partial charge in [0.05, 0.1) is 29.1 Å². The highest BCUT2D eigenvalue weighted by Crippen LogP contribution is 2.56. The smallest absolute Gasteiger partial charge is 0.311 e. The van der Waals surface area contributed by atoms with Crippen LogP contribution in [0, 0.1) is 16.0 Å². The van der Waals surface area contributed by atoms with Gasteiger partial charge in [0.2, 0.25) is 0 Å². The van der Waals surface area contributed by atoms with Crippen LogP contribution in [0.3, 0.4) is 0 Å². The Labute approximate surface area is 207 Å². The number of esters is 1. The van der Waals surface area contributed by atoms with Crippen molar-refractivity contribution in [1.29, 1.82) is 0 Å². The fourth-order valence-corrected chi connectivity index (χ4v) is 5.79. The van der Waals surface area contributed by atoms with Crippen molar-refractivity contribution in [2.45, 2.75) is 37.5 Å². The molecule has 0 saturated carbocycles. The van der Waals surface area contributed by atoms with Gasteiger partial charge >= 0.3 is 5.97 Å². The molecule has 178 valence electrons. The SMILES string of the molecule is CC[C@H]1C(=O)O[C@@]2(C(=O)N(Cc3ccccc3)c3c(Cl)cccc32)[C@@H]([N+](=O)[O-])[C@@H]1c1ccccc1. The van der Waals surface area contributed by atoms with E-state index in [1.165, 1.54) is 4.90 Å². The summed E-state index contributed by atoms with van der Waals surface area (Å²) in [6.07, 6.45) is 0.336. The fraction of sp³-hybridized carbons (Fsp3) is 0.259. The van der Waals surface area contributed by atoms with E-state index in [9.17, 15) is 19.7 Å². The standard InChI is InChI=1S/C27H23ClN2O5/c1-2-19-22(18-12-7-4-8-13-18)24(30(33)34)27(35-25(19)31)20-14-9-15-21(28)23(20)29(26(27)32)16-17-10-5-3-6-11-17/h3-15,19,22,24H,2,16H2,1H3/t19-,22-,24+,27-/m1/s1. The third-order valence-electron chi connectivity index (χ3n) is 7.01. The first-order chi connectivity index (χ1) is 16.9. The summed E-state index contributed by atoms with van der Waals surface area (Å²) in [5.74, 6) is -2.91. The van der Waals surface area contributed by atoms with E-state index in [1.807, 2.05) is 30.3 Å². The number of amides is 1. The maximum Gasteiger partial charge on any atom is 0.311 e.